The summed E-state index contributed by atoms with van der Waals surface area (Å²) in [5, 5.41) is 25.5. The first-order chi connectivity index (χ1) is 13.8. The summed E-state index contributed by atoms with van der Waals surface area (Å²) in [6.07, 6.45) is -0.624. The molecule has 0 aliphatic heterocycles. The molecule has 0 saturated heterocycles. The number of nitro benzene ring substituents is 1. The molecule has 2 N–H and O–H groups in total. The lowest BCUT2D eigenvalue weighted by atomic mass is 9.96. The molecule has 0 saturated carbocycles. The van der Waals surface area contributed by atoms with E-state index in [1.54, 1.807) is 30.3 Å². The van der Waals surface area contributed by atoms with Crippen molar-refractivity contribution in [3.8, 4) is 0 Å². The van der Waals surface area contributed by atoms with E-state index >= 15 is 0 Å². The molecule has 5 nitrogen and oxygen atoms in total. The average molecular weight is 435 g/mol. The second-order valence-corrected chi connectivity index (χ2v) is 7.29. The lowest BCUT2D eigenvalue weighted by Gasteiger charge is -2.24. The number of benzene rings is 3. The van der Waals surface area contributed by atoms with Gasteiger partial charge < -0.3 is 10.4 Å². The third-order valence-corrected chi connectivity index (χ3v) is 5.22. The molecule has 150 valence electrons. The Morgan fingerprint density at radius 1 is 0.966 bits per heavy atom. The van der Waals surface area contributed by atoms with Gasteiger partial charge in [-0.3, -0.25) is 10.1 Å². The third kappa shape index (κ3) is 5.44. The molecule has 0 bridgehead atoms. The van der Waals surface area contributed by atoms with Gasteiger partial charge >= 0.3 is 0 Å². The van der Waals surface area contributed by atoms with Crippen molar-refractivity contribution in [2.75, 3.05) is 5.32 Å². The topological polar surface area (TPSA) is 75.4 Å². The van der Waals surface area contributed by atoms with Gasteiger partial charge in [0.2, 0.25) is 0 Å². The van der Waals surface area contributed by atoms with Gasteiger partial charge in [0.1, 0.15) is 5.82 Å². The molecule has 0 aliphatic rings. The van der Waals surface area contributed by atoms with Crippen molar-refractivity contribution in [2.45, 2.75) is 18.6 Å². The first-order valence-electron chi connectivity index (χ1n) is 8.73. The van der Waals surface area contributed by atoms with Gasteiger partial charge in [-0.05, 0) is 47.5 Å². The number of nitro groups is 1. The van der Waals surface area contributed by atoms with Crippen LogP contribution in [0.2, 0.25) is 10.0 Å². The number of hydrogen-bond donors (Lipinski definition) is 2. The normalized spacial score (nSPS) is 13.0. The molecule has 0 amide bonds. The van der Waals surface area contributed by atoms with E-state index in [4.69, 9.17) is 23.2 Å². The number of anilines is 1. The second kappa shape index (κ2) is 9.22. The van der Waals surface area contributed by atoms with E-state index in [2.05, 4.69) is 5.32 Å². The van der Waals surface area contributed by atoms with Crippen molar-refractivity contribution in [3.63, 3.8) is 0 Å². The Morgan fingerprint density at radius 3 is 2.17 bits per heavy atom. The van der Waals surface area contributed by atoms with E-state index in [1.165, 1.54) is 36.4 Å². The van der Waals surface area contributed by atoms with Crippen molar-refractivity contribution in [3.05, 3.63) is 104 Å². The number of hydrogen-bond acceptors (Lipinski definition) is 4. The van der Waals surface area contributed by atoms with Crippen LogP contribution >= 0.6 is 23.2 Å². The van der Waals surface area contributed by atoms with Crippen molar-refractivity contribution in [2.24, 2.45) is 0 Å². The molecule has 3 aromatic rings. The smallest absolute Gasteiger partial charge is 0.269 e. The largest absolute Gasteiger partial charge is 0.388 e. The van der Waals surface area contributed by atoms with Crippen LogP contribution in [0.4, 0.5) is 15.8 Å². The van der Waals surface area contributed by atoms with Crippen LogP contribution in [0.15, 0.2) is 66.7 Å². The van der Waals surface area contributed by atoms with Gasteiger partial charge in [-0.1, -0.05) is 41.4 Å². The van der Waals surface area contributed by atoms with Crippen LogP contribution in [0, 0.1) is 15.9 Å². The van der Waals surface area contributed by atoms with Crippen LogP contribution in [0.5, 0.6) is 0 Å². The number of aliphatic hydroxyl groups is 1. The minimum absolute atomic E-state index is 0.0204. The van der Waals surface area contributed by atoms with Gasteiger partial charge in [0.05, 0.1) is 27.1 Å². The molecule has 0 aliphatic carbocycles. The Bertz CT molecular complexity index is 998. The summed E-state index contributed by atoms with van der Waals surface area (Å²) in [5.74, 6) is -0.383. The van der Waals surface area contributed by atoms with Gasteiger partial charge in [0.15, 0.2) is 0 Å². The Hall–Kier alpha value is -2.67. The van der Waals surface area contributed by atoms with E-state index in [1.807, 2.05) is 0 Å². The molecule has 0 spiro atoms. The highest BCUT2D eigenvalue weighted by Gasteiger charge is 2.19. The predicted octanol–water partition coefficient (Wildman–Crippen LogP) is 6.32. The minimum atomic E-state index is -0.874. The maximum absolute atomic E-state index is 13.2. The molecule has 3 rings (SSSR count). The summed E-state index contributed by atoms with van der Waals surface area (Å²) < 4.78 is 13.2. The lowest BCUT2D eigenvalue weighted by Crippen LogP contribution is -2.15. The third-order valence-electron chi connectivity index (χ3n) is 4.48. The zero-order valence-electron chi connectivity index (χ0n) is 15.1. The quantitative estimate of drug-likeness (QED) is 0.337. The maximum Gasteiger partial charge on any atom is 0.269 e. The summed E-state index contributed by atoms with van der Waals surface area (Å²) in [7, 11) is 0. The highest BCUT2D eigenvalue weighted by atomic mass is 35.5. The number of nitrogens with zero attached hydrogens (tertiary/aromatic N) is 1. The average Bonchev–Trinajstić information content (AvgIpc) is 2.70. The van der Waals surface area contributed by atoms with Crippen LogP contribution in [-0.2, 0) is 0 Å². The fourth-order valence-electron chi connectivity index (χ4n) is 2.93. The first kappa shape index (κ1) is 21.0. The molecular weight excluding hydrogens is 418 g/mol. The monoisotopic (exact) mass is 434 g/mol. The number of non-ortho nitro benzene ring substituents is 1. The van der Waals surface area contributed by atoms with Crippen molar-refractivity contribution in [1.82, 2.24) is 0 Å². The molecule has 2 atom stereocenters. The second-order valence-electron chi connectivity index (χ2n) is 6.48. The Morgan fingerprint density at radius 2 is 1.59 bits per heavy atom. The van der Waals surface area contributed by atoms with Gasteiger partial charge in [0.25, 0.3) is 5.69 Å². The minimum Gasteiger partial charge on any atom is -0.388 e. The van der Waals surface area contributed by atoms with Crippen molar-refractivity contribution in [1.29, 1.82) is 0 Å². The molecule has 0 heterocycles. The van der Waals surface area contributed by atoms with Gasteiger partial charge in [-0.2, -0.15) is 0 Å². The number of nitrogens with one attached hydrogen (secondary N) is 1. The summed E-state index contributed by atoms with van der Waals surface area (Å²) in [5.41, 5.74) is 1.96. The molecule has 0 radical (unpaired) electrons. The van der Waals surface area contributed by atoms with Crippen LogP contribution in [0.1, 0.15) is 29.7 Å². The van der Waals surface area contributed by atoms with E-state index in [9.17, 15) is 19.6 Å². The molecule has 0 fully saturated rings. The lowest BCUT2D eigenvalue weighted by molar-refractivity contribution is -0.384. The summed E-state index contributed by atoms with van der Waals surface area (Å²) >= 11 is 12.2. The zero-order chi connectivity index (χ0) is 21.0. The Labute approximate surface area is 176 Å². The first-order valence-corrected chi connectivity index (χ1v) is 9.48. The molecular formula is C21H17Cl2FN2O3. The SMILES string of the molecule is O=[N+]([O-])c1ccc(NC(CC(O)c2ccc(F)cc2)c2ccc(Cl)c(Cl)c2)cc1. The molecule has 8 heteroatoms. The van der Waals surface area contributed by atoms with Crippen LogP contribution in [0.3, 0.4) is 0 Å². The molecule has 3 aromatic carbocycles. The van der Waals surface area contributed by atoms with Gasteiger partial charge in [-0.25, -0.2) is 4.39 Å². The fraction of sp³-hybridized carbons (Fsp3) is 0.143. The predicted molar refractivity (Wildman–Crippen MR) is 112 cm³/mol. The van der Waals surface area contributed by atoms with Gasteiger partial charge in [0, 0.05) is 24.2 Å². The number of aliphatic hydroxyl groups excluding tert-OH is 1. The number of halogens is 3. The van der Waals surface area contributed by atoms with Crippen molar-refractivity contribution < 1.29 is 14.4 Å². The zero-order valence-corrected chi connectivity index (χ0v) is 16.6. The summed E-state index contributed by atoms with van der Waals surface area (Å²) in [6, 6.07) is 16.4. The van der Waals surface area contributed by atoms with Crippen LogP contribution in [-0.4, -0.2) is 10.0 Å². The molecule has 2 unspecified atom stereocenters. The molecule has 29 heavy (non-hydrogen) atoms. The molecule has 0 aromatic heterocycles. The fourth-order valence-corrected chi connectivity index (χ4v) is 3.24. The van der Waals surface area contributed by atoms with E-state index in [0.717, 1.165) is 5.56 Å². The summed E-state index contributed by atoms with van der Waals surface area (Å²) in [4.78, 5) is 10.4. The van der Waals surface area contributed by atoms with E-state index in [0.29, 0.717) is 21.3 Å². The van der Waals surface area contributed by atoms with Crippen LogP contribution < -0.4 is 5.32 Å². The Kier molecular flexibility index (Phi) is 6.69. The Balaban J connectivity index is 1.87. The summed E-state index contributed by atoms with van der Waals surface area (Å²) in [6.45, 7) is 0. The highest BCUT2D eigenvalue weighted by Crippen LogP contribution is 2.33. The highest BCUT2D eigenvalue weighted by molar-refractivity contribution is 6.42. The van der Waals surface area contributed by atoms with Crippen molar-refractivity contribution >= 4 is 34.6 Å². The number of rotatable bonds is 7. The van der Waals surface area contributed by atoms with Gasteiger partial charge in [-0.15, -0.1) is 0 Å². The van der Waals surface area contributed by atoms with E-state index < -0.39 is 11.0 Å². The standard InChI is InChI=1S/C21H17Cl2FN2O3/c22-18-10-3-14(11-19(18)23)20(12-21(27)13-1-4-15(24)5-2-13)25-16-6-8-17(9-7-16)26(28)29/h1-11,20-21,25,27H,12H2. The van der Waals surface area contributed by atoms with Crippen LogP contribution in [0.25, 0.3) is 0 Å². The maximum atomic E-state index is 13.2. The van der Waals surface area contributed by atoms with E-state index in [-0.39, 0.29) is 24.0 Å².